The molecule has 5 nitrogen and oxygen atoms in total. The average molecular weight is 285 g/mol. The number of likely N-dealkylation sites (tertiary alicyclic amines) is 1. The summed E-state index contributed by atoms with van der Waals surface area (Å²) in [6, 6.07) is 0. The van der Waals surface area contributed by atoms with Gasteiger partial charge in [-0.1, -0.05) is 13.8 Å². The maximum Gasteiger partial charge on any atom is 0.310 e. The number of rotatable bonds is 5. The highest BCUT2D eigenvalue weighted by atomic mass is 16.4. The molecule has 1 fully saturated rings. The summed E-state index contributed by atoms with van der Waals surface area (Å²) in [5.41, 5.74) is -1.02. The van der Waals surface area contributed by atoms with Gasteiger partial charge in [-0.3, -0.25) is 9.59 Å². The molecule has 0 aliphatic carbocycles. The molecule has 0 saturated carbocycles. The highest BCUT2D eigenvalue weighted by Gasteiger charge is 2.40. The summed E-state index contributed by atoms with van der Waals surface area (Å²) in [7, 11) is 0. The predicted molar refractivity (Wildman–Crippen MR) is 76.2 cm³/mol. The molecule has 1 aliphatic rings. The molecular formula is C15H27NO4. The molecule has 116 valence electrons. The van der Waals surface area contributed by atoms with Gasteiger partial charge in [0.05, 0.1) is 11.5 Å². The van der Waals surface area contributed by atoms with E-state index in [2.05, 4.69) is 0 Å². The number of hydrogen-bond acceptors (Lipinski definition) is 3. The lowest BCUT2D eigenvalue weighted by molar-refractivity contribution is -0.156. The molecule has 2 unspecified atom stereocenters. The quantitative estimate of drug-likeness (QED) is 0.806. The van der Waals surface area contributed by atoms with Gasteiger partial charge in [-0.05, 0) is 38.5 Å². The first-order chi connectivity index (χ1) is 9.18. The lowest BCUT2D eigenvalue weighted by Gasteiger charge is -2.36. The second kappa shape index (κ2) is 6.57. The van der Waals surface area contributed by atoms with Crippen LogP contribution in [0.3, 0.4) is 0 Å². The Morgan fingerprint density at radius 3 is 2.10 bits per heavy atom. The zero-order chi connectivity index (χ0) is 15.5. The van der Waals surface area contributed by atoms with Crippen LogP contribution < -0.4 is 0 Å². The molecule has 0 bridgehead atoms. The Morgan fingerprint density at radius 2 is 1.75 bits per heavy atom. The summed E-state index contributed by atoms with van der Waals surface area (Å²) in [6.07, 6.45) is 1.27. The van der Waals surface area contributed by atoms with E-state index in [0.717, 1.165) is 12.8 Å². The fourth-order valence-corrected chi connectivity index (χ4v) is 2.58. The SMILES string of the molecule is CC(O)C1CCN(C(=O)CC(C)(C(=O)O)C(C)C)CC1. The van der Waals surface area contributed by atoms with Gasteiger partial charge >= 0.3 is 5.97 Å². The number of amides is 1. The van der Waals surface area contributed by atoms with E-state index in [-0.39, 0.29) is 30.3 Å². The molecule has 5 heteroatoms. The smallest absolute Gasteiger partial charge is 0.310 e. The predicted octanol–water partition coefficient (Wildman–Crippen LogP) is 1.74. The number of aliphatic carboxylic acids is 1. The highest BCUT2D eigenvalue weighted by Crippen LogP contribution is 2.33. The number of piperidine rings is 1. The van der Waals surface area contributed by atoms with Gasteiger partial charge in [0.1, 0.15) is 0 Å². The van der Waals surface area contributed by atoms with Crippen molar-refractivity contribution in [2.24, 2.45) is 17.3 Å². The largest absolute Gasteiger partial charge is 0.481 e. The van der Waals surface area contributed by atoms with Crippen LogP contribution in [-0.2, 0) is 9.59 Å². The summed E-state index contributed by atoms with van der Waals surface area (Å²) in [4.78, 5) is 25.5. The number of aliphatic hydroxyl groups excluding tert-OH is 1. The minimum atomic E-state index is -1.02. The number of carboxylic acids is 1. The van der Waals surface area contributed by atoms with Crippen molar-refractivity contribution in [2.75, 3.05) is 13.1 Å². The Kier molecular flexibility index (Phi) is 5.57. The highest BCUT2D eigenvalue weighted by molar-refractivity contribution is 5.85. The van der Waals surface area contributed by atoms with Gasteiger partial charge < -0.3 is 15.1 Å². The van der Waals surface area contributed by atoms with Crippen LogP contribution in [-0.4, -0.2) is 46.2 Å². The van der Waals surface area contributed by atoms with E-state index in [1.165, 1.54) is 0 Å². The number of nitrogens with zero attached hydrogens (tertiary/aromatic N) is 1. The van der Waals surface area contributed by atoms with Gasteiger partial charge in [0, 0.05) is 19.5 Å². The second-order valence-corrected chi connectivity index (χ2v) is 6.51. The van der Waals surface area contributed by atoms with Gasteiger partial charge in [0.25, 0.3) is 0 Å². The molecule has 0 aromatic heterocycles. The van der Waals surface area contributed by atoms with E-state index in [9.17, 15) is 19.8 Å². The van der Waals surface area contributed by atoms with Gasteiger partial charge in [0.2, 0.25) is 5.91 Å². The maximum atomic E-state index is 12.3. The van der Waals surface area contributed by atoms with Crippen molar-refractivity contribution in [3.8, 4) is 0 Å². The minimum Gasteiger partial charge on any atom is -0.481 e. The van der Waals surface area contributed by atoms with Crippen LogP contribution in [0, 0.1) is 17.3 Å². The molecule has 2 atom stereocenters. The Hall–Kier alpha value is -1.10. The van der Waals surface area contributed by atoms with Crippen molar-refractivity contribution >= 4 is 11.9 Å². The zero-order valence-corrected chi connectivity index (χ0v) is 12.9. The second-order valence-electron chi connectivity index (χ2n) is 6.51. The molecule has 20 heavy (non-hydrogen) atoms. The van der Waals surface area contributed by atoms with Crippen LogP contribution in [0.5, 0.6) is 0 Å². The molecule has 0 spiro atoms. The van der Waals surface area contributed by atoms with Crippen LogP contribution in [0.25, 0.3) is 0 Å². The topological polar surface area (TPSA) is 77.8 Å². The molecule has 0 aromatic carbocycles. The molecule has 1 heterocycles. The molecule has 0 radical (unpaired) electrons. The molecule has 2 N–H and O–H groups in total. The fourth-order valence-electron chi connectivity index (χ4n) is 2.58. The standard InChI is InChI=1S/C15H27NO4/c1-10(2)15(4,14(19)20)9-13(18)16-7-5-12(6-8-16)11(3)17/h10-12,17H,5-9H2,1-4H3,(H,19,20). The fraction of sp³-hybridized carbons (Fsp3) is 0.867. The first-order valence-corrected chi connectivity index (χ1v) is 7.37. The Balaban J connectivity index is 2.62. The summed E-state index contributed by atoms with van der Waals surface area (Å²) in [5, 5.41) is 18.9. The van der Waals surface area contributed by atoms with Crippen molar-refractivity contribution in [3.63, 3.8) is 0 Å². The summed E-state index contributed by atoms with van der Waals surface area (Å²) >= 11 is 0. The van der Waals surface area contributed by atoms with Crippen molar-refractivity contribution < 1.29 is 19.8 Å². The molecule has 1 aliphatic heterocycles. The average Bonchev–Trinajstić information content (AvgIpc) is 2.38. The summed E-state index contributed by atoms with van der Waals surface area (Å²) in [5.74, 6) is -0.860. The normalized spacial score (nSPS) is 21.6. The number of carboxylic acid groups (broad SMARTS) is 1. The van der Waals surface area contributed by atoms with E-state index in [0.29, 0.717) is 13.1 Å². The Morgan fingerprint density at radius 1 is 1.25 bits per heavy atom. The van der Waals surface area contributed by atoms with Crippen molar-refractivity contribution in [1.82, 2.24) is 4.90 Å². The summed E-state index contributed by atoms with van der Waals surface area (Å²) in [6.45, 7) is 8.31. The lowest BCUT2D eigenvalue weighted by atomic mass is 9.76. The number of hydrogen-bond donors (Lipinski definition) is 2. The molecule has 1 saturated heterocycles. The van der Waals surface area contributed by atoms with E-state index in [4.69, 9.17) is 0 Å². The van der Waals surface area contributed by atoms with Gasteiger partial charge in [-0.25, -0.2) is 0 Å². The van der Waals surface area contributed by atoms with E-state index in [1.54, 1.807) is 18.7 Å². The first kappa shape index (κ1) is 17.0. The zero-order valence-electron chi connectivity index (χ0n) is 12.9. The van der Waals surface area contributed by atoms with Crippen LogP contribution in [0.2, 0.25) is 0 Å². The Labute approximate surface area is 121 Å². The van der Waals surface area contributed by atoms with E-state index < -0.39 is 11.4 Å². The number of carbonyl (C=O) groups excluding carboxylic acids is 1. The first-order valence-electron chi connectivity index (χ1n) is 7.37. The van der Waals surface area contributed by atoms with Gasteiger partial charge in [-0.15, -0.1) is 0 Å². The maximum absolute atomic E-state index is 12.3. The van der Waals surface area contributed by atoms with Gasteiger partial charge in [-0.2, -0.15) is 0 Å². The summed E-state index contributed by atoms with van der Waals surface area (Å²) < 4.78 is 0. The Bertz CT molecular complexity index is 359. The third kappa shape index (κ3) is 3.72. The molecule has 0 aromatic rings. The third-order valence-corrected chi connectivity index (χ3v) is 4.86. The molecule has 1 amide bonds. The number of carbonyl (C=O) groups is 2. The van der Waals surface area contributed by atoms with Gasteiger partial charge in [0.15, 0.2) is 0 Å². The monoisotopic (exact) mass is 285 g/mol. The molecule has 1 rings (SSSR count). The number of aliphatic hydroxyl groups is 1. The molecular weight excluding hydrogens is 258 g/mol. The van der Waals surface area contributed by atoms with Crippen LogP contribution in [0.1, 0.15) is 47.0 Å². The van der Waals surface area contributed by atoms with Crippen LogP contribution >= 0.6 is 0 Å². The van der Waals surface area contributed by atoms with Crippen LogP contribution in [0.4, 0.5) is 0 Å². The third-order valence-electron chi connectivity index (χ3n) is 4.86. The van der Waals surface area contributed by atoms with E-state index >= 15 is 0 Å². The van der Waals surface area contributed by atoms with E-state index in [1.807, 2.05) is 13.8 Å². The van der Waals surface area contributed by atoms with Crippen molar-refractivity contribution in [2.45, 2.75) is 53.1 Å². The van der Waals surface area contributed by atoms with Crippen molar-refractivity contribution in [3.05, 3.63) is 0 Å². The lowest BCUT2D eigenvalue weighted by Crippen LogP contribution is -2.45. The minimum absolute atomic E-state index is 0.0410. The van der Waals surface area contributed by atoms with Crippen molar-refractivity contribution in [1.29, 1.82) is 0 Å². The van der Waals surface area contributed by atoms with Crippen LogP contribution in [0.15, 0.2) is 0 Å².